The van der Waals surface area contributed by atoms with Crippen molar-refractivity contribution >= 4 is 117 Å². The van der Waals surface area contributed by atoms with Gasteiger partial charge in [0, 0.05) is 97.5 Å². The largest absolute Gasteiger partial charge is 0.310 e. The highest BCUT2D eigenvalue weighted by Crippen LogP contribution is 2.66. The molecule has 3 spiro atoms. The molecule has 7 aromatic heterocycles. The van der Waals surface area contributed by atoms with Gasteiger partial charge in [0.1, 0.15) is 11.6 Å². The molecule has 1 aliphatic carbocycles. The SMILES string of the molecule is O=c1c2ccccc2c2cccc3c2n1-c1ncccc1C31c2ccccc2N(c2ccc(-c3ccccc3)cc2)c2ccccc21.O=c1c2ccncc2c2c3n1-c1ncccc1C1(C=3CCC=2)c2ccccc2N(c2ccc(-c3ccccc3)cc2)c2ccccc21.O=c1c2ccncc2c2cccc3c2n1-c1ccccc1C31c2ccccc2N(c2ccc(-c3ccccc3)cc2)c2ccc(-c3ccccc3)cc21. The minimum Gasteiger partial charge on any atom is -0.310 e. The first-order valence-corrected chi connectivity index (χ1v) is 50.0. The maximum Gasteiger partial charge on any atom is 0.264 e. The van der Waals surface area contributed by atoms with E-state index in [9.17, 15) is 14.4 Å². The van der Waals surface area contributed by atoms with E-state index in [0.29, 0.717) is 27.8 Å². The van der Waals surface area contributed by atoms with E-state index in [2.05, 4.69) is 425 Å². The first-order valence-electron chi connectivity index (χ1n) is 50.0. The molecule has 6 aliphatic heterocycles. The van der Waals surface area contributed by atoms with E-state index in [-0.39, 0.29) is 16.7 Å². The Morgan fingerprint density at radius 3 is 1.02 bits per heavy atom. The summed E-state index contributed by atoms with van der Waals surface area (Å²) in [6.07, 6.45) is 14.7. The second-order valence-corrected chi connectivity index (χ2v) is 38.6. The van der Waals surface area contributed by atoms with Gasteiger partial charge in [-0.1, -0.05) is 346 Å². The van der Waals surface area contributed by atoms with Crippen molar-refractivity contribution in [3.05, 3.63) is 595 Å². The van der Waals surface area contributed by atoms with Gasteiger partial charge in [0.15, 0.2) is 0 Å². The van der Waals surface area contributed by atoms with Crippen molar-refractivity contribution < 1.29 is 0 Å². The Kier molecular flexibility index (Phi) is 19.0. The lowest BCUT2D eigenvalue weighted by Crippen LogP contribution is -2.54. The molecule has 7 aliphatic rings. The second-order valence-electron chi connectivity index (χ2n) is 38.6. The molecular weight excluding hydrogens is 1800 g/mol. The quantitative estimate of drug-likeness (QED) is 0.142. The summed E-state index contributed by atoms with van der Waals surface area (Å²) in [6, 6.07) is 161. The molecule has 147 heavy (non-hydrogen) atoms. The van der Waals surface area contributed by atoms with E-state index >= 15 is 0 Å². The van der Waals surface area contributed by atoms with Gasteiger partial charge in [-0.25, -0.2) is 9.97 Å². The van der Waals surface area contributed by atoms with Crippen molar-refractivity contribution in [1.82, 2.24) is 33.6 Å². The van der Waals surface area contributed by atoms with E-state index < -0.39 is 16.2 Å². The molecular formula is C134H86N10O3. The van der Waals surface area contributed by atoms with Crippen LogP contribution in [0, 0.1) is 0 Å². The number of hydrogen-bond acceptors (Lipinski definition) is 10. The molecule has 690 valence electrons. The lowest BCUT2D eigenvalue weighted by atomic mass is 9.59. The van der Waals surface area contributed by atoms with Gasteiger partial charge in [-0.2, -0.15) is 0 Å². The number of para-hydroxylation sites is 8. The highest BCUT2D eigenvalue weighted by atomic mass is 16.1. The molecule has 0 bridgehead atoms. The summed E-state index contributed by atoms with van der Waals surface area (Å²) >= 11 is 0. The molecule has 17 aromatic carbocycles. The predicted molar refractivity (Wildman–Crippen MR) is 594 cm³/mol. The molecule has 0 saturated carbocycles. The van der Waals surface area contributed by atoms with Gasteiger partial charge in [0.2, 0.25) is 0 Å². The zero-order chi connectivity index (χ0) is 97.3. The number of rotatable bonds is 7. The minimum atomic E-state index is -0.754. The highest BCUT2D eigenvalue weighted by Gasteiger charge is 2.56. The summed E-state index contributed by atoms with van der Waals surface area (Å²) in [5.74, 6) is 1.37. The van der Waals surface area contributed by atoms with Gasteiger partial charge in [0.25, 0.3) is 16.7 Å². The third kappa shape index (κ3) is 12.1. The molecule has 0 fully saturated rings. The zero-order valence-corrected chi connectivity index (χ0v) is 79.5. The van der Waals surface area contributed by atoms with E-state index in [0.717, 1.165) is 179 Å². The van der Waals surface area contributed by atoms with Gasteiger partial charge in [0.05, 0.1) is 83.2 Å². The van der Waals surface area contributed by atoms with Crippen LogP contribution in [0.3, 0.4) is 0 Å². The third-order valence-corrected chi connectivity index (χ3v) is 31.6. The van der Waals surface area contributed by atoms with Gasteiger partial charge in [-0.05, 0) is 234 Å². The van der Waals surface area contributed by atoms with Gasteiger partial charge in [-0.3, -0.25) is 38.1 Å². The Labute approximate surface area is 845 Å². The number of hydrogen-bond donors (Lipinski definition) is 0. The molecule has 0 N–H and O–H groups in total. The average molecular weight is 1880 g/mol. The van der Waals surface area contributed by atoms with Crippen LogP contribution in [-0.4, -0.2) is 33.6 Å². The lowest BCUT2D eigenvalue weighted by Gasteiger charge is -2.49. The molecule has 1 atom stereocenters. The van der Waals surface area contributed by atoms with Crippen molar-refractivity contribution in [2.45, 2.75) is 29.1 Å². The molecule has 13 nitrogen and oxygen atoms in total. The summed E-state index contributed by atoms with van der Waals surface area (Å²) in [4.78, 5) is 69.4. The maximum absolute atomic E-state index is 14.6. The smallest absolute Gasteiger partial charge is 0.264 e. The lowest BCUT2D eigenvalue weighted by molar-refractivity contribution is 0.683. The van der Waals surface area contributed by atoms with Crippen LogP contribution in [0.5, 0.6) is 0 Å². The van der Waals surface area contributed by atoms with Gasteiger partial charge < -0.3 is 14.7 Å². The van der Waals surface area contributed by atoms with Crippen molar-refractivity contribution in [3.63, 3.8) is 0 Å². The Morgan fingerprint density at radius 1 is 0.218 bits per heavy atom. The van der Waals surface area contributed by atoms with Crippen molar-refractivity contribution in [2.24, 2.45) is 0 Å². The van der Waals surface area contributed by atoms with Gasteiger partial charge in [-0.15, -0.1) is 0 Å². The summed E-state index contributed by atoms with van der Waals surface area (Å²) in [5, 5.41) is 8.82. The number of pyridine rings is 7. The van der Waals surface area contributed by atoms with Crippen LogP contribution in [-0.2, 0) is 16.2 Å². The molecule has 1 unspecified atom stereocenters. The van der Waals surface area contributed by atoms with Crippen LogP contribution >= 0.6 is 0 Å². The fourth-order valence-corrected chi connectivity index (χ4v) is 25.7. The van der Waals surface area contributed by atoms with E-state index in [1.54, 1.807) is 24.8 Å². The van der Waals surface area contributed by atoms with Crippen molar-refractivity contribution in [1.29, 1.82) is 0 Å². The fraction of sp³-hybridized carbons (Fsp3) is 0.0373. The van der Waals surface area contributed by atoms with Gasteiger partial charge >= 0.3 is 0 Å². The number of aromatic nitrogens is 7. The van der Waals surface area contributed by atoms with E-state index in [1.807, 2.05) is 86.8 Å². The number of fused-ring (bicyclic) bond motifs is 30. The Morgan fingerprint density at radius 2 is 0.537 bits per heavy atom. The number of anilines is 9. The first kappa shape index (κ1) is 84.5. The van der Waals surface area contributed by atoms with Crippen LogP contribution < -0.4 is 41.9 Å². The Bertz CT molecular complexity index is 9890. The zero-order valence-electron chi connectivity index (χ0n) is 79.5. The van der Waals surface area contributed by atoms with Crippen LogP contribution in [0.4, 0.5) is 51.2 Å². The van der Waals surface area contributed by atoms with Crippen LogP contribution in [0.25, 0.3) is 128 Å². The van der Waals surface area contributed by atoms with Crippen LogP contribution in [0.15, 0.2) is 507 Å². The molecule has 31 rings (SSSR count). The normalized spacial score (nSPS) is 14.7. The van der Waals surface area contributed by atoms with E-state index in [4.69, 9.17) is 9.97 Å². The molecule has 13 heterocycles. The molecule has 24 aromatic rings. The summed E-state index contributed by atoms with van der Waals surface area (Å²) in [6.45, 7) is 0. The second kappa shape index (κ2) is 33.1. The van der Waals surface area contributed by atoms with Crippen LogP contribution in [0.2, 0.25) is 0 Å². The highest BCUT2D eigenvalue weighted by molar-refractivity contribution is 6.12. The summed E-state index contributed by atoms with van der Waals surface area (Å²) < 4.78 is 5.68. The average Bonchev–Trinajstić information content (AvgIpc) is 0.676. The standard InChI is InChI=1S/C49H31N3O.C43H27N3O.C42H28N4O/c53-48-38-28-29-50-31-39(38)37-16-11-19-42-47(37)52(48)45-21-10-8-18-41(45)49(42)40-17-7-9-20-44(40)51(36-25-22-34(23-26-36)32-12-3-1-4-13-32)46-27-24-35(30-43(46)49)33-14-5-2-6-15-33;47-42-33-15-5-4-14-31(33)32-16-10-19-36-40(32)46(42)41-37(20-11-27-44-41)43(36)34-17-6-8-21-38(34)45(39-22-9-7-18-35(39)43)30-25-23-29(24-26-30)28-12-2-1-3-13-28;47-41-31-23-25-43-26-32(31)30-12-8-15-35-39(30)46(41)40-36(16-9-24-44-40)42(35)33-13-4-6-17-37(33)45(38-18-7-5-14-34(38)42)29-21-19-28(20-22-29)27-10-2-1-3-11-27/h1-31H;1-27H;1-7,9-14,16-26H,8,15H2. The monoisotopic (exact) mass is 1880 g/mol. The third-order valence-electron chi connectivity index (χ3n) is 31.6. The van der Waals surface area contributed by atoms with Crippen molar-refractivity contribution in [3.8, 4) is 61.8 Å². The van der Waals surface area contributed by atoms with Crippen LogP contribution in [0.1, 0.15) is 74.0 Å². The minimum absolute atomic E-state index is 0.0351. The molecule has 13 heteroatoms. The van der Waals surface area contributed by atoms with Crippen molar-refractivity contribution in [2.75, 3.05) is 14.7 Å². The topological polar surface area (TPSA) is 127 Å². The molecule has 0 saturated heterocycles. The summed E-state index contributed by atoms with van der Waals surface area (Å²) in [7, 11) is 0. The maximum atomic E-state index is 14.6. The van der Waals surface area contributed by atoms with E-state index in [1.165, 1.54) is 50.1 Å². The number of benzene rings is 17. The first-order chi connectivity index (χ1) is 72.8. The Balaban J connectivity index is 0.000000104. The molecule has 0 radical (unpaired) electrons. The number of nitrogens with zero attached hydrogens (tertiary/aromatic N) is 10. The molecule has 0 amide bonds. The Hall–Kier alpha value is -19.4. The fourth-order valence-electron chi connectivity index (χ4n) is 25.7. The summed E-state index contributed by atoms with van der Waals surface area (Å²) in [5.41, 5.74) is 33.3. The predicted octanol–water partition coefficient (Wildman–Crippen LogP) is 28.3.